The predicted octanol–water partition coefficient (Wildman–Crippen LogP) is 5.97. The SMILES string of the molecule is Cc1ncc(-c2ccc3c(c2)c2cc(-c4ccc(Cl)cc4Cl)c(=O)n(C)c2n3C)o1. The van der Waals surface area contributed by atoms with Gasteiger partial charge in [0, 0.05) is 53.5 Å². The van der Waals surface area contributed by atoms with E-state index in [-0.39, 0.29) is 5.56 Å². The van der Waals surface area contributed by atoms with E-state index in [9.17, 15) is 4.79 Å². The van der Waals surface area contributed by atoms with E-state index in [0.717, 1.165) is 27.5 Å². The number of benzene rings is 2. The van der Waals surface area contributed by atoms with E-state index in [0.29, 0.717) is 32.8 Å². The Morgan fingerprint density at radius 3 is 2.43 bits per heavy atom. The Morgan fingerprint density at radius 1 is 0.933 bits per heavy atom. The summed E-state index contributed by atoms with van der Waals surface area (Å²) in [5.74, 6) is 1.32. The molecule has 0 N–H and O–H groups in total. The maximum Gasteiger partial charge on any atom is 0.259 e. The van der Waals surface area contributed by atoms with Crippen molar-refractivity contribution in [3.63, 3.8) is 0 Å². The molecule has 0 unspecified atom stereocenters. The quantitative estimate of drug-likeness (QED) is 0.341. The van der Waals surface area contributed by atoms with Crippen LogP contribution in [0.1, 0.15) is 5.89 Å². The Kier molecular flexibility index (Phi) is 4.27. The second-order valence-electron chi connectivity index (χ2n) is 7.32. The van der Waals surface area contributed by atoms with Gasteiger partial charge in [-0.05, 0) is 36.4 Å². The molecule has 3 aromatic heterocycles. The second kappa shape index (κ2) is 6.76. The highest BCUT2D eigenvalue weighted by Gasteiger charge is 2.18. The molecule has 0 saturated carbocycles. The van der Waals surface area contributed by atoms with Crippen LogP contribution in [-0.2, 0) is 14.1 Å². The lowest BCUT2D eigenvalue weighted by atomic mass is 10.0. The van der Waals surface area contributed by atoms with Crippen molar-refractivity contribution in [2.24, 2.45) is 14.1 Å². The normalized spacial score (nSPS) is 11.6. The fourth-order valence-electron chi connectivity index (χ4n) is 4.04. The van der Waals surface area contributed by atoms with Crippen molar-refractivity contribution in [3.8, 4) is 22.5 Å². The Morgan fingerprint density at radius 2 is 1.73 bits per heavy atom. The van der Waals surface area contributed by atoms with Gasteiger partial charge in [-0.1, -0.05) is 29.3 Å². The minimum absolute atomic E-state index is 0.122. The summed E-state index contributed by atoms with van der Waals surface area (Å²) < 4.78 is 9.38. The summed E-state index contributed by atoms with van der Waals surface area (Å²) in [6.45, 7) is 1.82. The van der Waals surface area contributed by atoms with Crippen LogP contribution >= 0.6 is 23.2 Å². The van der Waals surface area contributed by atoms with Crippen molar-refractivity contribution >= 4 is 45.1 Å². The van der Waals surface area contributed by atoms with Crippen molar-refractivity contribution in [1.82, 2.24) is 14.1 Å². The average Bonchev–Trinajstić information content (AvgIpc) is 3.26. The van der Waals surface area contributed by atoms with Gasteiger partial charge < -0.3 is 8.98 Å². The van der Waals surface area contributed by atoms with E-state index in [4.69, 9.17) is 27.6 Å². The zero-order valence-electron chi connectivity index (χ0n) is 16.5. The molecule has 5 nitrogen and oxygen atoms in total. The smallest absolute Gasteiger partial charge is 0.259 e. The van der Waals surface area contributed by atoms with Crippen LogP contribution in [0, 0.1) is 6.92 Å². The Bertz CT molecular complexity index is 1530. The van der Waals surface area contributed by atoms with E-state index in [1.807, 2.05) is 36.7 Å². The largest absolute Gasteiger partial charge is 0.441 e. The minimum Gasteiger partial charge on any atom is -0.441 e. The molecule has 5 aromatic rings. The molecule has 0 atom stereocenters. The summed E-state index contributed by atoms with van der Waals surface area (Å²) >= 11 is 12.5. The highest BCUT2D eigenvalue weighted by Crippen LogP contribution is 2.35. The third-order valence-electron chi connectivity index (χ3n) is 5.48. The molecule has 0 spiro atoms. The summed E-state index contributed by atoms with van der Waals surface area (Å²) in [4.78, 5) is 17.4. The van der Waals surface area contributed by atoms with Gasteiger partial charge in [0.15, 0.2) is 11.7 Å². The van der Waals surface area contributed by atoms with Crippen molar-refractivity contribution in [1.29, 1.82) is 0 Å². The summed E-state index contributed by atoms with van der Waals surface area (Å²) in [5.41, 5.74) is 3.83. The van der Waals surface area contributed by atoms with Crippen molar-refractivity contribution in [3.05, 3.63) is 75.0 Å². The van der Waals surface area contributed by atoms with Gasteiger partial charge in [-0.3, -0.25) is 9.36 Å². The lowest BCUT2D eigenvalue weighted by Crippen LogP contribution is -2.20. The number of nitrogens with zero attached hydrogens (tertiary/aromatic N) is 3. The van der Waals surface area contributed by atoms with Crippen LogP contribution in [0.25, 0.3) is 44.4 Å². The number of pyridine rings is 1. The van der Waals surface area contributed by atoms with E-state index < -0.39 is 0 Å². The number of rotatable bonds is 2. The molecule has 0 amide bonds. The number of fused-ring (bicyclic) bond motifs is 3. The third kappa shape index (κ3) is 2.77. The Hall–Kier alpha value is -3.02. The summed E-state index contributed by atoms with van der Waals surface area (Å²) in [5, 5.41) is 2.94. The number of halogens is 2. The van der Waals surface area contributed by atoms with Crippen LogP contribution in [0.2, 0.25) is 10.0 Å². The first-order chi connectivity index (χ1) is 14.3. The van der Waals surface area contributed by atoms with Gasteiger partial charge in [0.2, 0.25) is 0 Å². The second-order valence-corrected chi connectivity index (χ2v) is 8.16. The third-order valence-corrected chi connectivity index (χ3v) is 6.02. The molecule has 0 bridgehead atoms. The number of aromatic nitrogens is 3. The fourth-order valence-corrected chi connectivity index (χ4v) is 4.55. The van der Waals surface area contributed by atoms with Crippen molar-refractivity contribution in [2.75, 3.05) is 0 Å². The summed E-state index contributed by atoms with van der Waals surface area (Å²) in [6, 6.07) is 13.2. The zero-order valence-corrected chi connectivity index (χ0v) is 18.0. The molecule has 5 rings (SSSR count). The number of aryl methyl sites for hydroxylation is 3. The lowest BCUT2D eigenvalue weighted by Gasteiger charge is -2.09. The van der Waals surface area contributed by atoms with Crippen LogP contribution < -0.4 is 5.56 Å². The number of hydrogen-bond donors (Lipinski definition) is 0. The van der Waals surface area contributed by atoms with Crippen LogP contribution in [0.4, 0.5) is 0 Å². The van der Waals surface area contributed by atoms with Crippen molar-refractivity contribution in [2.45, 2.75) is 6.92 Å². The molecule has 150 valence electrons. The molecule has 0 saturated heterocycles. The Labute approximate surface area is 182 Å². The maximum atomic E-state index is 13.2. The van der Waals surface area contributed by atoms with Gasteiger partial charge in [-0.2, -0.15) is 0 Å². The molecular formula is C23H17Cl2N3O2. The molecule has 2 aromatic carbocycles. The minimum atomic E-state index is -0.122. The molecule has 0 fully saturated rings. The number of hydrogen-bond acceptors (Lipinski definition) is 3. The van der Waals surface area contributed by atoms with Crippen LogP contribution in [0.15, 0.2) is 57.9 Å². The van der Waals surface area contributed by atoms with Crippen LogP contribution in [-0.4, -0.2) is 14.1 Å². The van der Waals surface area contributed by atoms with Gasteiger partial charge >= 0.3 is 0 Å². The topological polar surface area (TPSA) is 53.0 Å². The van der Waals surface area contributed by atoms with E-state index in [1.165, 1.54) is 0 Å². The van der Waals surface area contributed by atoms with E-state index >= 15 is 0 Å². The average molecular weight is 438 g/mol. The maximum absolute atomic E-state index is 13.2. The van der Waals surface area contributed by atoms with Gasteiger partial charge in [0.25, 0.3) is 5.56 Å². The summed E-state index contributed by atoms with van der Waals surface area (Å²) in [7, 11) is 3.73. The first-order valence-corrected chi connectivity index (χ1v) is 10.1. The lowest BCUT2D eigenvalue weighted by molar-refractivity contribution is 0.534. The van der Waals surface area contributed by atoms with E-state index in [1.54, 1.807) is 36.0 Å². The number of oxazole rings is 1. The van der Waals surface area contributed by atoms with Gasteiger partial charge in [0.05, 0.1) is 16.7 Å². The first-order valence-electron chi connectivity index (χ1n) is 9.35. The summed E-state index contributed by atoms with van der Waals surface area (Å²) in [6.07, 6.45) is 1.72. The van der Waals surface area contributed by atoms with Crippen molar-refractivity contribution < 1.29 is 4.42 Å². The predicted molar refractivity (Wildman–Crippen MR) is 121 cm³/mol. The molecular weight excluding hydrogens is 421 g/mol. The molecule has 7 heteroatoms. The molecule has 0 aliphatic carbocycles. The van der Waals surface area contributed by atoms with Gasteiger partial charge in [-0.15, -0.1) is 0 Å². The fraction of sp³-hybridized carbons (Fsp3) is 0.130. The van der Waals surface area contributed by atoms with Gasteiger partial charge in [-0.25, -0.2) is 4.98 Å². The molecule has 0 radical (unpaired) electrons. The van der Waals surface area contributed by atoms with Crippen LogP contribution in [0.5, 0.6) is 0 Å². The highest BCUT2D eigenvalue weighted by molar-refractivity contribution is 6.36. The standard InChI is InChI=1S/C23H17Cl2N3O2/c1-12-26-11-21(30-12)13-4-7-20-16(8-13)17-10-18(15-6-5-14(24)9-19(15)25)23(29)28(3)22(17)27(20)2/h4-11H,1-3H3. The zero-order chi connectivity index (χ0) is 21.2. The highest BCUT2D eigenvalue weighted by atomic mass is 35.5. The van der Waals surface area contributed by atoms with Gasteiger partial charge in [0.1, 0.15) is 5.65 Å². The van der Waals surface area contributed by atoms with Crippen LogP contribution in [0.3, 0.4) is 0 Å². The molecule has 30 heavy (non-hydrogen) atoms. The molecule has 3 heterocycles. The van der Waals surface area contributed by atoms with E-state index in [2.05, 4.69) is 11.1 Å². The first kappa shape index (κ1) is 19.0. The monoisotopic (exact) mass is 437 g/mol. The molecule has 0 aliphatic rings. The molecule has 0 aliphatic heterocycles. The Balaban J connectivity index is 1.85.